The van der Waals surface area contributed by atoms with Gasteiger partial charge in [0.25, 0.3) is 5.91 Å². The summed E-state index contributed by atoms with van der Waals surface area (Å²) in [7, 11) is 3.56. The molecule has 0 radical (unpaired) electrons. The van der Waals surface area contributed by atoms with Gasteiger partial charge in [0.15, 0.2) is 0 Å². The van der Waals surface area contributed by atoms with Gasteiger partial charge in [-0.05, 0) is 24.8 Å². The third-order valence-corrected chi connectivity index (χ3v) is 5.67. The predicted molar refractivity (Wildman–Crippen MR) is 106 cm³/mol. The first-order valence-corrected chi connectivity index (χ1v) is 10.1. The average molecular weight is 376 g/mol. The molecule has 3 heterocycles. The van der Waals surface area contributed by atoms with Crippen molar-refractivity contribution < 1.29 is 9.53 Å². The quantitative estimate of drug-likeness (QED) is 0.810. The first-order chi connectivity index (χ1) is 12.3. The SMILES string of the molecule is CN(C)C(=O)c1cc(-c2cn(CC3CCOCC3)c(C(C)(C)C)n2)cs1. The maximum atomic E-state index is 12.2. The van der Waals surface area contributed by atoms with Gasteiger partial charge in [0.2, 0.25) is 0 Å². The Bertz CT molecular complexity index is 764. The van der Waals surface area contributed by atoms with Crippen LogP contribution in [-0.4, -0.2) is 47.7 Å². The lowest BCUT2D eigenvalue weighted by Crippen LogP contribution is -2.24. The van der Waals surface area contributed by atoms with Gasteiger partial charge in [-0.2, -0.15) is 0 Å². The van der Waals surface area contributed by atoms with E-state index in [1.165, 1.54) is 11.3 Å². The molecule has 0 saturated carbocycles. The van der Waals surface area contributed by atoms with Crippen LogP contribution in [0, 0.1) is 5.92 Å². The summed E-state index contributed by atoms with van der Waals surface area (Å²) in [5.74, 6) is 1.78. The molecule has 6 heteroatoms. The molecular formula is C20H29N3O2S. The number of imidazole rings is 1. The van der Waals surface area contributed by atoms with Crippen molar-refractivity contribution in [1.82, 2.24) is 14.5 Å². The van der Waals surface area contributed by atoms with Gasteiger partial charge in [-0.3, -0.25) is 4.79 Å². The van der Waals surface area contributed by atoms with Gasteiger partial charge in [0.05, 0.1) is 10.6 Å². The Balaban J connectivity index is 1.89. The maximum absolute atomic E-state index is 12.2. The Labute approximate surface area is 160 Å². The van der Waals surface area contributed by atoms with Gasteiger partial charge in [-0.1, -0.05) is 20.8 Å². The van der Waals surface area contributed by atoms with Crippen LogP contribution < -0.4 is 0 Å². The monoisotopic (exact) mass is 375 g/mol. The second-order valence-corrected chi connectivity index (χ2v) is 9.22. The lowest BCUT2D eigenvalue weighted by molar-refractivity contribution is 0.0607. The van der Waals surface area contributed by atoms with Gasteiger partial charge < -0.3 is 14.2 Å². The highest BCUT2D eigenvalue weighted by Gasteiger charge is 2.25. The largest absolute Gasteiger partial charge is 0.381 e. The summed E-state index contributed by atoms with van der Waals surface area (Å²) in [5.41, 5.74) is 1.95. The molecule has 2 aromatic heterocycles. The van der Waals surface area contributed by atoms with Crippen molar-refractivity contribution in [3.05, 3.63) is 28.3 Å². The second-order valence-electron chi connectivity index (χ2n) is 8.31. The number of ether oxygens (including phenoxy) is 1. The summed E-state index contributed by atoms with van der Waals surface area (Å²) >= 11 is 1.48. The van der Waals surface area contributed by atoms with Gasteiger partial charge in [-0.25, -0.2) is 4.98 Å². The Hall–Kier alpha value is -1.66. The molecule has 5 nitrogen and oxygen atoms in total. The van der Waals surface area contributed by atoms with Crippen molar-refractivity contribution in [3.8, 4) is 11.3 Å². The average Bonchev–Trinajstić information content (AvgIpc) is 3.21. The van der Waals surface area contributed by atoms with Gasteiger partial charge in [0, 0.05) is 56.4 Å². The Morgan fingerprint density at radius 3 is 2.65 bits per heavy atom. The lowest BCUT2D eigenvalue weighted by Gasteiger charge is -2.25. The zero-order valence-electron chi connectivity index (χ0n) is 16.4. The second kappa shape index (κ2) is 7.53. The Morgan fingerprint density at radius 1 is 1.35 bits per heavy atom. The van der Waals surface area contributed by atoms with Crippen LogP contribution in [0.2, 0.25) is 0 Å². The minimum Gasteiger partial charge on any atom is -0.381 e. The van der Waals surface area contributed by atoms with Crippen LogP contribution in [0.1, 0.15) is 49.1 Å². The minimum atomic E-state index is -0.0261. The van der Waals surface area contributed by atoms with Gasteiger partial charge in [0.1, 0.15) is 5.82 Å². The van der Waals surface area contributed by atoms with Crippen LogP contribution in [0.3, 0.4) is 0 Å². The van der Waals surface area contributed by atoms with Crippen LogP contribution in [0.4, 0.5) is 0 Å². The molecule has 1 saturated heterocycles. The molecule has 0 aliphatic carbocycles. The third-order valence-electron chi connectivity index (χ3n) is 4.76. The van der Waals surface area contributed by atoms with E-state index in [0.717, 1.165) is 54.6 Å². The highest BCUT2D eigenvalue weighted by molar-refractivity contribution is 7.12. The molecule has 0 atom stereocenters. The molecule has 26 heavy (non-hydrogen) atoms. The van der Waals surface area contributed by atoms with Crippen molar-refractivity contribution in [2.45, 2.75) is 45.6 Å². The van der Waals surface area contributed by atoms with Crippen molar-refractivity contribution in [2.24, 2.45) is 5.92 Å². The fourth-order valence-electron chi connectivity index (χ4n) is 3.30. The van der Waals surface area contributed by atoms with Crippen LogP contribution in [0.5, 0.6) is 0 Å². The zero-order chi connectivity index (χ0) is 18.9. The van der Waals surface area contributed by atoms with Crippen LogP contribution in [-0.2, 0) is 16.7 Å². The first kappa shape index (κ1) is 19.1. The van der Waals surface area contributed by atoms with E-state index in [4.69, 9.17) is 9.72 Å². The van der Waals surface area contributed by atoms with E-state index in [1.807, 2.05) is 11.4 Å². The summed E-state index contributed by atoms with van der Waals surface area (Å²) in [6, 6.07) is 1.96. The number of hydrogen-bond donors (Lipinski definition) is 0. The Morgan fingerprint density at radius 2 is 2.04 bits per heavy atom. The van der Waals surface area contributed by atoms with E-state index >= 15 is 0 Å². The van der Waals surface area contributed by atoms with Crippen molar-refractivity contribution in [1.29, 1.82) is 0 Å². The topological polar surface area (TPSA) is 47.4 Å². The fourth-order valence-corrected chi connectivity index (χ4v) is 4.22. The molecule has 1 amide bonds. The molecule has 0 unspecified atom stereocenters. The lowest BCUT2D eigenvalue weighted by atomic mass is 9.94. The minimum absolute atomic E-state index is 0.0261. The first-order valence-electron chi connectivity index (χ1n) is 9.21. The number of nitrogens with zero attached hydrogens (tertiary/aromatic N) is 3. The summed E-state index contributed by atoms with van der Waals surface area (Å²) in [5, 5.41) is 2.03. The summed E-state index contributed by atoms with van der Waals surface area (Å²) in [4.78, 5) is 19.5. The number of hydrogen-bond acceptors (Lipinski definition) is 4. The third kappa shape index (κ3) is 4.18. The number of aromatic nitrogens is 2. The van der Waals surface area contributed by atoms with Gasteiger partial charge in [-0.15, -0.1) is 11.3 Å². The molecular weight excluding hydrogens is 346 g/mol. The van der Waals surface area contributed by atoms with Crippen LogP contribution in [0.15, 0.2) is 17.6 Å². The molecule has 0 aromatic carbocycles. The standard InChI is InChI=1S/C20H29N3O2S/c1-20(2,3)19-21-16(12-23(19)11-14-6-8-25-9-7-14)15-10-17(26-13-15)18(24)22(4)5/h10,12-14H,6-9,11H2,1-5H3. The molecule has 142 valence electrons. The number of carbonyl (C=O) groups excluding carboxylic acids is 1. The zero-order valence-corrected chi connectivity index (χ0v) is 17.2. The summed E-state index contributed by atoms with van der Waals surface area (Å²) in [6.45, 7) is 9.31. The molecule has 1 fully saturated rings. The summed E-state index contributed by atoms with van der Waals surface area (Å²) in [6.07, 6.45) is 4.37. The van der Waals surface area contributed by atoms with Crippen molar-refractivity contribution in [3.63, 3.8) is 0 Å². The molecule has 1 aliphatic rings. The van der Waals surface area contributed by atoms with E-state index in [1.54, 1.807) is 19.0 Å². The molecule has 2 aromatic rings. The van der Waals surface area contributed by atoms with E-state index in [2.05, 4.69) is 31.5 Å². The summed E-state index contributed by atoms with van der Waals surface area (Å²) < 4.78 is 7.81. The van der Waals surface area contributed by atoms with Crippen molar-refractivity contribution in [2.75, 3.05) is 27.3 Å². The number of amides is 1. The van der Waals surface area contributed by atoms with E-state index in [0.29, 0.717) is 5.92 Å². The van der Waals surface area contributed by atoms with Crippen LogP contribution in [0.25, 0.3) is 11.3 Å². The normalized spacial score (nSPS) is 16.0. The number of rotatable bonds is 4. The number of thiophene rings is 1. The molecule has 0 spiro atoms. The van der Waals surface area contributed by atoms with E-state index in [-0.39, 0.29) is 11.3 Å². The van der Waals surface area contributed by atoms with Crippen LogP contribution >= 0.6 is 11.3 Å². The Kier molecular flexibility index (Phi) is 5.53. The maximum Gasteiger partial charge on any atom is 0.263 e. The fraction of sp³-hybridized carbons (Fsp3) is 0.600. The van der Waals surface area contributed by atoms with E-state index < -0.39 is 0 Å². The molecule has 0 N–H and O–H groups in total. The number of carbonyl (C=O) groups is 1. The highest BCUT2D eigenvalue weighted by atomic mass is 32.1. The highest BCUT2D eigenvalue weighted by Crippen LogP contribution is 2.31. The molecule has 1 aliphatic heterocycles. The van der Waals surface area contributed by atoms with Crippen molar-refractivity contribution >= 4 is 17.2 Å². The molecule has 0 bridgehead atoms. The predicted octanol–water partition coefficient (Wildman–Crippen LogP) is 4.04. The van der Waals surface area contributed by atoms with Gasteiger partial charge >= 0.3 is 0 Å². The van der Waals surface area contributed by atoms with E-state index in [9.17, 15) is 4.79 Å². The smallest absolute Gasteiger partial charge is 0.263 e. The molecule has 3 rings (SSSR count).